The van der Waals surface area contributed by atoms with E-state index in [4.69, 9.17) is 49.5 Å². The van der Waals surface area contributed by atoms with E-state index in [0.29, 0.717) is 5.69 Å². The molecule has 0 atom stereocenters. The van der Waals surface area contributed by atoms with E-state index in [1.54, 1.807) is 0 Å². The number of hydrogen-bond acceptors (Lipinski definition) is 5. The van der Waals surface area contributed by atoms with Gasteiger partial charge >= 0.3 is 5.97 Å². The minimum Gasteiger partial charge on any atom is -0.480 e. The van der Waals surface area contributed by atoms with Gasteiger partial charge in [0.1, 0.15) is 11.6 Å². The smallest absolute Gasteiger partial charge is 0.344 e. The number of anilines is 1. The summed E-state index contributed by atoms with van der Waals surface area (Å²) in [6, 6.07) is 9.79. The number of rotatable bonds is 8. The van der Waals surface area contributed by atoms with E-state index >= 15 is 0 Å². The first-order valence-electron chi connectivity index (χ1n) is 8.17. The average molecular weight is 460 g/mol. The van der Waals surface area contributed by atoms with Crippen molar-refractivity contribution in [1.29, 1.82) is 5.26 Å². The molecule has 0 N–H and O–H groups in total. The number of carbonyl (C=O) groups excluding carboxylic acids is 2. The second-order valence-electron chi connectivity index (χ2n) is 5.58. The molecule has 6 nitrogen and oxygen atoms in total. The standard InChI is InChI=1S/C19H14Cl3FN2O4/c20-14-8-16(22)17(9-15(14)21)28-11-19(27)29-10-18(26)25(7-1-6-24)13-4-2-12(23)3-5-13/h2-5,8-9H,1,7,10-11H2. The highest BCUT2D eigenvalue weighted by atomic mass is 35.5. The van der Waals surface area contributed by atoms with Crippen LogP contribution in [0.4, 0.5) is 10.1 Å². The maximum absolute atomic E-state index is 13.1. The van der Waals surface area contributed by atoms with Gasteiger partial charge in [0.2, 0.25) is 0 Å². The largest absolute Gasteiger partial charge is 0.480 e. The van der Waals surface area contributed by atoms with Gasteiger partial charge in [-0.3, -0.25) is 4.79 Å². The first-order chi connectivity index (χ1) is 13.8. The average Bonchev–Trinajstić information content (AvgIpc) is 2.69. The van der Waals surface area contributed by atoms with Crippen LogP contribution in [0, 0.1) is 17.1 Å². The van der Waals surface area contributed by atoms with E-state index in [1.807, 2.05) is 6.07 Å². The topological polar surface area (TPSA) is 79.6 Å². The molecule has 0 aliphatic heterocycles. The Labute approximate surface area is 181 Å². The highest BCUT2D eigenvalue weighted by molar-refractivity contribution is 6.43. The van der Waals surface area contributed by atoms with Gasteiger partial charge in [0.05, 0.1) is 27.6 Å². The van der Waals surface area contributed by atoms with E-state index in [2.05, 4.69) is 0 Å². The van der Waals surface area contributed by atoms with Crippen molar-refractivity contribution in [3.63, 3.8) is 0 Å². The molecule has 0 saturated carbocycles. The number of benzene rings is 2. The molecule has 0 unspecified atom stereocenters. The Morgan fingerprint density at radius 3 is 2.34 bits per heavy atom. The molecule has 0 spiro atoms. The number of esters is 1. The molecule has 2 aromatic carbocycles. The third-order valence-electron chi connectivity index (χ3n) is 3.56. The Morgan fingerprint density at radius 2 is 1.69 bits per heavy atom. The van der Waals surface area contributed by atoms with Crippen molar-refractivity contribution in [2.24, 2.45) is 0 Å². The second-order valence-corrected chi connectivity index (χ2v) is 6.80. The summed E-state index contributed by atoms with van der Waals surface area (Å²) < 4.78 is 23.2. The Balaban J connectivity index is 1.93. The normalized spacial score (nSPS) is 10.2. The fourth-order valence-corrected chi connectivity index (χ4v) is 2.79. The number of halogens is 4. The summed E-state index contributed by atoms with van der Waals surface area (Å²) in [5.74, 6) is -1.73. The van der Waals surface area contributed by atoms with E-state index in [0.717, 1.165) is 0 Å². The number of hydrogen-bond donors (Lipinski definition) is 0. The van der Waals surface area contributed by atoms with Crippen molar-refractivity contribution in [1.82, 2.24) is 0 Å². The van der Waals surface area contributed by atoms with Gasteiger partial charge in [-0.05, 0) is 30.3 Å². The fraction of sp³-hybridized carbons (Fsp3) is 0.211. The number of ether oxygens (including phenoxy) is 2. The van der Waals surface area contributed by atoms with Gasteiger partial charge in [0.15, 0.2) is 13.2 Å². The maximum Gasteiger partial charge on any atom is 0.344 e. The number of nitrogens with zero attached hydrogens (tertiary/aromatic N) is 2. The lowest BCUT2D eigenvalue weighted by Crippen LogP contribution is -2.36. The SMILES string of the molecule is N#CCCN(C(=O)COC(=O)COc1cc(Cl)c(Cl)cc1Cl)c1ccc(F)cc1. The van der Waals surface area contributed by atoms with Crippen LogP contribution < -0.4 is 9.64 Å². The second kappa shape index (κ2) is 10.9. The van der Waals surface area contributed by atoms with Crippen molar-refractivity contribution in [3.8, 4) is 11.8 Å². The molecule has 0 fully saturated rings. The van der Waals surface area contributed by atoms with E-state index in [-0.39, 0.29) is 33.8 Å². The van der Waals surface area contributed by atoms with Crippen molar-refractivity contribution in [2.45, 2.75) is 6.42 Å². The van der Waals surface area contributed by atoms with Crippen LogP contribution in [0.2, 0.25) is 15.1 Å². The highest BCUT2D eigenvalue weighted by Crippen LogP contribution is 2.33. The van der Waals surface area contributed by atoms with Crippen molar-refractivity contribution >= 4 is 52.4 Å². The molecule has 0 bridgehead atoms. The lowest BCUT2D eigenvalue weighted by Gasteiger charge is -2.21. The molecule has 10 heteroatoms. The van der Waals surface area contributed by atoms with Gasteiger partial charge < -0.3 is 14.4 Å². The van der Waals surface area contributed by atoms with Crippen molar-refractivity contribution in [3.05, 3.63) is 57.3 Å². The van der Waals surface area contributed by atoms with E-state index < -0.39 is 30.9 Å². The summed E-state index contributed by atoms with van der Waals surface area (Å²) in [6.07, 6.45) is 0.0516. The Morgan fingerprint density at radius 1 is 1.03 bits per heavy atom. The lowest BCUT2D eigenvalue weighted by molar-refractivity contribution is -0.149. The Kier molecular flexibility index (Phi) is 8.52. The minimum atomic E-state index is -0.820. The van der Waals surface area contributed by atoms with Crippen LogP contribution in [0.1, 0.15) is 6.42 Å². The zero-order valence-corrected chi connectivity index (χ0v) is 17.1. The third kappa shape index (κ3) is 6.79. The number of nitriles is 1. The third-order valence-corrected chi connectivity index (χ3v) is 4.58. The first kappa shape index (κ1) is 22.8. The fourth-order valence-electron chi connectivity index (χ4n) is 2.19. The summed E-state index contributed by atoms with van der Waals surface area (Å²) in [5, 5.41) is 9.35. The quantitative estimate of drug-likeness (QED) is 0.424. The number of amides is 1. The van der Waals surface area contributed by atoms with Crippen LogP contribution in [0.25, 0.3) is 0 Å². The van der Waals surface area contributed by atoms with Crippen LogP contribution in [0.15, 0.2) is 36.4 Å². The lowest BCUT2D eigenvalue weighted by atomic mass is 10.2. The molecule has 0 radical (unpaired) electrons. The predicted octanol–water partition coefficient (Wildman–Crippen LogP) is 4.65. The zero-order valence-electron chi connectivity index (χ0n) is 14.8. The molecular formula is C19H14Cl3FN2O4. The zero-order chi connectivity index (χ0) is 21.4. The minimum absolute atomic E-state index is 0.0516. The first-order valence-corrected chi connectivity index (χ1v) is 9.31. The van der Waals surface area contributed by atoms with E-state index in [1.165, 1.54) is 41.3 Å². The van der Waals surface area contributed by atoms with Gasteiger partial charge in [-0.25, -0.2) is 9.18 Å². The van der Waals surface area contributed by atoms with Gasteiger partial charge in [0.25, 0.3) is 5.91 Å². The molecule has 29 heavy (non-hydrogen) atoms. The molecule has 0 saturated heterocycles. The van der Waals surface area contributed by atoms with Crippen LogP contribution in [0.3, 0.4) is 0 Å². The van der Waals surface area contributed by atoms with Crippen LogP contribution in [0.5, 0.6) is 5.75 Å². The predicted molar refractivity (Wildman–Crippen MR) is 107 cm³/mol. The monoisotopic (exact) mass is 458 g/mol. The van der Waals surface area contributed by atoms with Gasteiger partial charge in [0, 0.05) is 18.3 Å². The van der Waals surface area contributed by atoms with Crippen LogP contribution in [-0.4, -0.2) is 31.6 Å². The maximum atomic E-state index is 13.1. The number of carbonyl (C=O) groups is 2. The summed E-state index contributed by atoms with van der Waals surface area (Å²) in [5.41, 5.74) is 0.376. The van der Waals surface area contributed by atoms with Gasteiger partial charge in [-0.2, -0.15) is 5.26 Å². The molecule has 2 rings (SSSR count). The molecule has 2 aromatic rings. The molecular weight excluding hydrogens is 446 g/mol. The summed E-state index contributed by atoms with van der Waals surface area (Å²) >= 11 is 17.6. The summed E-state index contributed by atoms with van der Waals surface area (Å²) in [7, 11) is 0. The summed E-state index contributed by atoms with van der Waals surface area (Å²) in [4.78, 5) is 25.5. The molecule has 0 aliphatic carbocycles. The van der Waals surface area contributed by atoms with Gasteiger partial charge in [-0.1, -0.05) is 34.8 Å². The van der Waals surface area contributed by atoms with Crippen LogP contribution in [-0.2, 0) is 14.3 Å². The van der Waals surface area contributed by atoms with Gasteiger partial charge in [-0.15, -0.1) is 0 Å². The molecule has 0 aliphatic rings. The molecule has 0 aromatic heterocycles. The Hall–Kier alpha value is -2.53. The molecule has 0 heterocycles. The van der Waals surface area contributed by atoms with E-state index in [9.17, 15) is 14.0 Å². The molecule has 152 valence electrons. The highest BCUT2D eigenvalue weighted by Gasteiger charge is 2.18. The van der Waals surface area contributed by atoms with Crippen molar-refractivity contribution < 1.29 is 23.5 Å². The summed E-state index contributed by atoms with van der Waals surface area (Å²) in [6.45, 7) is -1.03. The molecule has 1 amide bonds. The van der Waals surface area contributed by atoms with Crippen LogP contribution >= 0.6 is 34.8 Å². The van der Waals surface area contributed by atoms with Crippen molar-refractivity contribution in [2.75, 3.05) is 24.7 Å². The Bertz CT molecular complexity index is 932.